The highest BCUT2D eigenvalue weighted by Gasteiger charge is 2.36. The van der Waals surface area contributed by atoms with E-state index in [2.05, 4.69) is 9.97 Å². The summed E-state index contributed by atoms with van der Waals surface area (Å²) >= 11 is 0. The molecule has 0 radical (unpaired) electrons. The molecular weight excluding hydrogens is 217 g/mol. The quantitative estimate of drug-likeness (QED) is 0.746. The second kappa shape index (κ2) is 3.73. The van der Waals surface area contributed by atoms with Gasteiger partial charge in [-0.1, -0.05) is 19.1 Å². The highest BCUT2D eigenvalue weighted by atomic mass is 19.4. The Bertz CT molecular complexity index is 520. The zero-order valence-electron chi connectivity index (χ0n) is 8.54. The number of nitrogens with zero attached hydrogens (tertiary/aromatic N) is 2. The summed E-state index contributed by atoms with van der Waals surface area (Å²) in [6, 6.07) is 6.55. The number of fused-ring (bicyclic) bond motifs is 1. The number of para-hydroxylation sites is 2. The summed E-state index contributed by atoms with van der Waals surface area (Å²) < 4.78 is 38.0. The lowest BCUT2D eigenvalue weighted by atomic mass is 10.2. The maximum Gasteiger partial charge on any atom is 0.435 e. The molecule has 2 nitrogen and oxygen atoms in total. The normalized spacial score (nSPS) is 12.0. The lowest BCUT2D eigenvalue weighted by molar-refractivity contribution is -0.141. The van der Waals surface area contributed by atoms with E-state index in [0.29, 0.717) is 5.52 Å². The first-order valence-electron chi connectivity index (χ1n) is 4.85. The molecule has 2 aromatic rings. The Morgan fingerprint density at radius 1 is 1.06 bits per heavy atom. The van der Waals surface area contributed by atoms with Crippen LogP contribution in [0.3, 0.4) is 0 Å². The average molecular weight is 226 g/mol. The molecule has 0 amide bonds. The van der Waals surface area contributed by atoms with Gasteiger partial charge in [-0.3, -0.25) is 0 Å². The van der Waals surface area contributed by atoms with Crippen LogP contribution in [0.25, 0.3) is 11.0 Å². The molecule has 0 N–H and O–H groups in total. The van der Waals surface area contributed by atoms with Crippen molar-refractivity contribution in [2.75, 3.05) is 0 Å². The first kappa shape index (κ1) is 10.9. The number of hydrogen-bond donors (Lipinski definition) is 0. The van der Waals surface area contributed by atoms with Crippen LogP contribution in [0.5, 0.6) is 0 Å². The van der Waals surface area contributed by atoms with Crippen molar-refractivity contribution in [3.63, 3.8) is 0 Å². The van der Waals surface area contributed by atoms with Crippen molar-refractivity contribution < 1.29 is 13.2 Å². The number of aromatic nitrogens is 2. The summed E-state index contributed by atoms with van der Waals surface area (Å²) in [6.07, 6.45) is -4.23. The van der Waals surface area contributed by atoms with Crippen molar-refractivity contribution in [3.05, 3.63) is 35.7 Å². The lowest BCUT2D eigenvalue weighted by Gasteiger charge is -2.10. The second-order valence-corrected chi connectivity index (χ2v) is 3.36. The summed E-state index contributed by atoms with van der Waals surface area (Å²) in [4.78, 5) is 7.61. The van der Waals surface area contributed by atoms with Crippen molar-refractivity contribution in [1.82, 2.24) is 9.97 Å². The number of alkyl halides is 3. The van der Waals surface area contributed by atoms with E-state index in [1.165, 1.54) is 6.07 Å². The molecule has 84 valence electrons. The van der Waals surface area contributed by atoms with E-state index in [4.69, 9.17) is 0 Å². The van der Waals surface area contributed by atoms with Crippen LogP contribution in [0.2, 0.25) is 0 Å². The van der Waals surface area contributed by atoms with Crippen molar-refractivity contribution in [3.8, 4) is 0 Å². The van der Waals surface area contributed by atoms with E-state index in [1.807, 2.05) is 0 Å². The van der Waals surface area contributed by atoms with Gasteiger partial charge in [0.2, 0.25) is 0 Å². The Kier molecular flexibility index (Phi) is 2.53. The van der Waals surface area contributed by atoms with Crippen LogP contribution < -0.4 is 0 Å². The SMILES string of the molecule is CCc1nc2ccccc2nc1C(F)(F)F. The number of hydrogen-bond acceptors (Lipinski definition) is 2. The molecule has 0 spiro atoms. The van der Waals surface area contributed by atoms with Gasteiger partial charge in [-0.05, 0) is 18.6 Å². The van der Waals surface area contributed by atoms with Gasteiger partial charge in [-0.15, -0.1) is 0 Å². The Hall–Kier alpha value is -1.65. The smallest absolute Gasteiger partial charge is 0.249 e. The molecule has 2 rings (SSSR count). The van der Waals surface area contributed by atoms with E-state index in [0.717, 1.165) is 0 Å². The molecular formula is C11H9F3N2. The zero-order valence-corrected chi connectivity index (χ0v) is 8.54. The molecule has 0 bridgehead atoms. The second-order valence-electron chi connectivity index (χ2n) is 3.36. The summed E-state index contributed by atoms with van der Waals surface area (Å²) in [5.41, 5.74) is -0.126. The van der Waals surface area contributed by atoms with Crippen LogP contribution in [-0.4, -0.2) is 9.97 Å². The zero-order chi connectivity index (χ0) is 11.8. The van der Waals surface area contributed by atoms with Crippen molar-refractivity contribution in [2.24, 2.45) is 0 Å². The first-order chi connectivity index (χ1) is 7.52. The van der Waals surface area contributed by atoms with Gasteiger partial charge in [0.1, 0.15) is 0 Å². The minimum absolute atomic E-state index is 0.00815. The third-order valence-electron chi connectivity index (χ3n) is 2.25. The fourth-order valence-corrected chi connectivity index (χ4v) is 1.51. The molecule has 5 heteroatoms. The molecule has 0 aliphatic carbocycles. The molecule has 16 heavy (non-hydrogen) atoms. The largest absolute Gasteiger partial charge is 0.435 e. The summed E-state index contributed by atoms with van der Waals surface area (Å²) in [5.74, 6) is 0. The van der Waals surface area contributed by atoms with Crippen LogP contribution in [0.4, 0.5) is 13.2 Å². The minimum Gasteiger partial charge on any atom is -0.249 e. The molecule has 1 heterocycles. The van der Waals surface area contributed by atoms with E-state index < -0.39 is 11.9 Å². The Morgan fingerprint density at radius 3 is 2.12 bits per heavy atom. The third kappa shape index (κ3) is 1.85. The summed E-state index contributed by atoms with van der Waals surface area (Å²) in [6.45, 7) is 1.63. The summed E-state index contributed by atoms with van der Waals surface area (Å²) in [7, 11) is 0. The van der Waals surface area contributed by atoms with Crippen LogP contribution in [0, 0.1) is 0 Å². The number of aryl methyl sites for hydroxylation is 1. The molecule has 0 saturated carbocycles. The number of halogens is 3. The molecule has 0 aliphatic rings. The van der Waals surface area contributed by atoms with Gasteiger partial charge >= 0.3 is 6.18 Å². The monoisotopic (exact) mass is 226 g/mol. The predicted octanol–water partition coefficient (Wildman–Crippen LogP) is 3.21. The van der Waals surface area contributed by atoms with Gasteiger partial charge in [0.05, 0.1) is 16.7 Å². The Morgan fingerprint density at radius 2 is 1.62 bits per heavy atom. The molecule has 0 atom stereocenters. The van der Waals surface area contributed by atoms with E-state index in [-0.39, 0.29) is 17.6 Å². The van der Waals surface area contributed by atoms with Crippen LogP contribution in [-0.2, 0) is 12.6 Å². The molecule has 1 aromatic carbocycles. The van der Waals surface area contributed by atoms with Gasteiger partial charge in [0.15, 0.2) is 5.69 Å². The lowest BCUT2D eigenvalue weighted by Crippen LogP contribution is -2.13. The third-order valence-corrected chi connectivity index (χ3v) is 2.25. The maximum absolute atomic E-state index is 12.7. The van der Waals surface area contributed by atoms with Gasteiger partial charge in [-0.25, -0.2) is 9.97 Å². The first-order valence-corrected chi connectivity index (χ1v) is 4.85. The molecule has 0 fully saturated rings. The Balaban J connectivity index is 2.73. The maximum atomic E-state index is 12.7. The van der Waals surface area contributed by atoms with Crippen LogP contribution >= 0.6 is 0 Å². The van der Waals surface area contributed by atoms with Crippen molar-refractivity contribution in [1.29, 1.82) is 0 Å². The highest BCUT2D eigenvalue weighted by Crippen LogP contribution is 2.31. The van der Waals surface area contributed by atoms with Gasteiger partial charge in [0, 0.05) is 0 Å². The Labute approximate surface area is 90.1 Å². The molecule has 1 aromatic heterocycles. The number of rotatable bonds is 1. The van der Waals surface area contributed by atoms with Crippen LogP contribution in [0.15, 0.2) is 24.3 Å². The fraction of sp³-hybridized carbons (Fsp3) is 0.273. The van der Waals surface area contributed by atoms with Gasteiger partial charge in [0.25, 0.3) is 0 Å². The predicted molar refractivity (Wildman–Crippen MR) is 53.9 cm³/mol. The van der Waals surface area contributed by atoms with Gasteiger partial charge in [-0.2, -0.15) is 13.2 Å². The van der Waals surface area contributed by atoms with Crippen molar-refractivity contribution in [2.45, 2.75) is 19.5 Å². The molecule has 0 aliphatic heterocycles. The van der Waals surface area contributed by atoms with E-state index in [9.17, 15) is 13.2 Å². The van der Waals surface area contributed by atoms with E-state index >= 15 is 0 Å². The minimum atomic E-state index is -4.44. The van der Waals surface area contributed by atoms with Crippen LogP contribution in [0.1, 0.15) is 18.3 Å². The standard InChI is InChI=1S/C11H9F3N2/c1-2-7-10(11(12,13)14)16-9-6-4-3-5-8(9)15-7/h3-6H,2H2,1H3. The van der Waals surface area contributed by atoms with E-state index in [1.54, 1.807) is 25.1 Å². The fourth-order valence-electron chi connectivity index (χ4n) is 1.51. The topological polar surface area (TPSA) is 25.8 Å². The van der Waals surface area contributed by atoms with Crippen molar-refractivity contribution >= 4 is 11.0 Å². The molecule has 0 unspecified atom stereocenters. The highest BCUT2D eigenvalue weighted by molar-refractivity contribution is 5.74. The average Bonchev–Trinajstić information content (AvgIpc) is 2.26. The molecule has 0 saturated heterocycles. The van der Waals surface area contributed by atoms with Gasteiger partial charge < -0.3 is 0 Å². The number of benzene rings is 1. The summed E-state index contributed by atoms with van der Waals surface area (Å²) in [5, 5.41) is 0.